The van der Waals surface area contributed by atoms with Gasteiger partial charge in [0.05, 0.1) is 0 Å². The number of carboxylic acids is 2. The van der Waals surface area contributed by atoms with Crippen molar-refractivity contribution in [3.63, 3.8) is 0 Å². The van der Waals surface area contributed by atoms with Crippen molar-refractivity contribution >= 4 is 17.8 Å². The van der Waals surface area contributed by atoms with Crippen LogP contribution in [0.3, 0.4) is 0 Å². The van der Waals surface area contributed by atoms with Crippen LogP contribution in [-0.2, 0) is 14.4 Å². The molecule has 0 spiro atoms. The standard InChI is InChI=1S/C23H41NO5.2K.2H/c1-2-3-4-5-6-7-8-9-10-11-12-13-14-15-16-17-21(25)24-20(23(28)29)18-19-22(26)27;;;;/h9-10,20H,2-8,11-19H2,1H3,(H,24,25)(H,26,27)(H,28,29);;;;/q;2*+1;2*-1/b10-9-;;;;/t20-;;;;/m0..../s1. The number of carboxylic acid groups (broad SMARTS) is 2. The summed E-state index contributed by atoms with van der Waals surface area (Å²) in [6.45, 7) is 2.24. The van der Waals surface area contributed by atoms with Gasteiger partial charge in [-0.25, -0.2) is 4.79 Å². The van der Waals surface area contributed by atoms with Gasteiger partial charge >= 0.3 is 115 Å². The largest absolute Gasteiger partial charge is 1.00 e. The van der Waals surface area contributed by atoms with Crippen LogP contribution in [0.25, 0.3) is 0 Å². The van der Waals surface area contributed by atoms with Gasteiger partial charge in [0.15, 0.2) is 0 Å². The van der Waals surface area contributed by atoms with Gasteiger partial charge in [-0.05, 0) is 38.5 Å². The van der Waals surface area contributed by atoms with Gasteiger partial charge in [-0.1, -0.05) is 70.4 Å². The minimum Gasteiger partial charge on any atom is -1.00 e. The van der Waals surface area contributed by atoms with Gasteiger partial charge in [-0.3, -0.25) is 9.59 Å². The summed E-state index contributed by atoms with van der Waals surface area (Å²) in [5, 5.41) is 20.1. The Bertz CT molecular complexity index is 497. The van der Waals surface area contributed by atoms with Gasteiger partial charge < -0.3 is 18.4 Å². The average Bonchev–Trinajstić information content (AvgIpc) is 2.67. The predicted octanol–water partition coefficient (Wildman–Crippen LogP) is -0.309. The summed E-state index contributed by atoms with van der Waals surface area (Å²) in [5.41, 5.74) is 0. The summed E-state index contributed by atoms with van der Waals surface area (Å²) < 4.78 is 0. The quantitative estimate of drug-likeness (QED) is 0.123. The zero-order valence-electron chi connectivity index (χ0n) is 22.2. The van der Waals surface area contributed by atoms with Gasteiger partial charge in [-0.15, -0.1) is 0 Å². The van der Waals surface area contributed by atoms with Gasteiger partial charge in [0.1, 0.15) is 6.04 Å². The fourth-order valence-electron chi connectivity index (χ4n) is 3.15. The third-order valence-electron chi connectivity index (χ3n) is 4.95. The number of allylic oxidation sites excluding steroid dienone is 2. The summed E-state index contributed by atoms with van der Waals surface area (Å²) in [6, 6.07) is -1.12. The number of hydrogen-bond donors (Lipinski definition) is 3. The topological polar surface area (TPSA) is 104 Å². The van der Waals surface area contributed by atoms with Crippen LogP contribution in [0.2, 0.25) is 0 Å². The van der Waals surface area contributed by atoms with Crippen molar-refractivity contribution in [2.75, 3.05) is 0 Å². The molecule has 0 bridgehead atoms. The van der Waals surface area contributed by atoms with Crippen molar-refractivity contribution in [1.29, 1.82) is 0 Å². The molecule has 0 fully saturated rings. The molecular weight excluding hydrogens is 448 g/mol. The summed E-state index contributed by atoms with van der Waals surface area (Å²) in [7, 11) is 0. The number of aliphatic carboxylic acids is 2. The van der Waals surface area contributed by atoms with E-state index in [2.05, 4.69) is 24.4 Å². The Kier molecular flexibility index (Phi) is 33.0. The van der Waals surface area contributed by atoms with Crippen molar-refractivity contribution in [3.05, 3.63) is 12.2 Å². The molecule has 6 nitrogen and oxygen atoms in total. The molecule has 0 heterocycles. The van der Waals surface area contributed by atoms with E-state index in [9.17, 15) is 14.4 Å². The summed E-state index contributed by atoms with van der Waals surface area (Å²) in [6.07, 6.45) is 19.9. The van der Waals surface area contributed by atoms with Crippen LogP contribution in [0, 0.1) is 0 Å². The summed E-state index contributed by atoms with van der Waals surface area (Å²) in [5.74, 6) is -2.58. The second-order valence-corrected chi connectivity index (χ2v) is 7.73. The van der Waals surface area contributed by atoms with Gasteiger partial charge in [0.2, 0.25) is 5.91 Å². The Balaban J connectivity index is -0.000000653. The fourth-order valence-corrected chi connectivity index (χ4v) is 3.15. The Hall–Kier alpha value is 1.42. The van der Waals surface area contributed by atoms with Crippen LogP contribution >= 0.6 is 0 Å². The molecule has 3 N–H and O–H groups in total. The van der Waals surface area contributed by atoms with Crippen LogP contribution in [0.4, 0.5) is 0 Å². The Morgan fingerprint density at radius 3 is 1.74 bits per heavy atom. The Morgan fingerprint density at radius 1 is 0.774 bits per heavy atom. The van der Waals surface area contributed by atoms with Crippen LogP contribution in [0.15, 0.2) is 12.2 Å². The van der Waals surface area contributed by atoms with Gasteiger partial charge in [-0.2, -0.15) is 0 Å². The zero-order chi connectivity index (χ0) is 21.7. The van der Waals surface area contributed by atoms with Crippen molar-refractivity contribution in [1.82, 2.24) is 5.32 Å². The SMILES string of the molecule is CCCCCCCC/C=C\CCCCCCCC(=O)N[C@@H](CCC(=O)O)C(=O)O.[H-].[H-].[K+].[K+]. The average molecular weight is 492 g/mol. The molecule has 8 heteroatoms. The van der Waals surface area contributed by atoms with Crippen LogP contribution < -0.4 is 108 Å². The first-order chi connectivity index (χ1) is 14.0. The molecule has 0 aromatic rings. The minimum absolute atomic E-state index is 0. The maximum absolute atomic E-state index is 11.8. The third kappa shape index (κ3) is 27.6. The molecule has 0 aromatic heterocycles. The maximum Gasteiger partial charge on any atom is 1.00 e. The monoisotopic (exact) mass is 491 g/mol. The molecular formula is C23H43K2NO5. The molecule has 0 aromatic carbocycles. The van der Waals surface area contributed by atoms with Crippen LogP contribution in [0.1, 0.15) is 113 Å². The fraction of sp³-hybridized carbons (Fsp3) is 0.783. The van der Waals surface area contributed by atoms with E-state index in [1.54, 1.807) is 0 Å². The normalized spacial score (nSPS) is 11.4. The molecule has 1 atom stereocenters. The van der Waals surface area contributed by atoms with E-state index >= 15 is 0 Å². The molecule has 0 radical (unpaired) electrons. The Labute approximate surface area is 277 Å². The van der Waals surface area contributed by atoms with E-state index < -0.39 is 18.0 Å². The maximum atomic E-state index is 11.8. The summed E-state index contributed by atoms with van der Waals surface area (Å²) >= 11 is 0. The molecule has 0 aliphatic rings. The first-order valence-electron chi connectivity index (χ1n) is 11.4. The number of nitrogens with one attached hydrogen (secondary N) is 1. The molecule has 0 aliphatic carbocycles. The smallest absolute Gasteiger partial charge is 1.00 e. The molecule has 0 rings (SSSR count). The third-order valence-corrected chi connectivity index (χ3v) is 4.95. The van der Waals surface area contributed by atoms with E-state index in [4.69, 9.17) is 10.2 Å². The number of unbranched alkanes of at least 4 members (excludes halogenated alkanes) is 11. The van der Waals surface area contributed by atoms with Crippen LogP contribution in [0.5, 0.6) is 0 Å². The first-order valence-corrected chi connectivity index (χ1v) is 11.4. The second kappa shape index (κ2) is 27.7. The molecule has 0 unspecified atom stereocenters. The second-order valence-electron chi connectivity index (χ2n) is 7.73. The molecule has 31 heavy (non-hydrogen) atoms. The number of rotatable bonds is 20. The molecule has 172 valence electrons. The van der Waals surface area contributed by atoms with Crippen molar-refractivity contribution in [2.24, 2.45) is 0 Å². The molecule has 0 saturated heterocycles. The number of amides is 1. The number of carbonyl (C=O) groups is 3. The van der Waals surface area contributed by atoms with Crippen molar-refractivity contribution in [2.45, 2.75) is 116 Å². The van der Waals surface area contributed by atoms with Crippen LogP contribution in [-0.4, -0.2) is 34.1 Å². The van der Waals surface area contributed by atoms with E-state index in [0.29, 0.717) is 0 Å². The molecule has 1 amide bonds. The van der Waals surface area contributed by atoms with E-state index in [1.165, 1.54) is 44.9 Å². The Morgan fingerprint density at radius 2 is 1.26 bits per heavy atom. The van der Waals surface area contributed by atoms with Gasteiger partial charge in [0, 0.05) is 12.8 Å². The van der Waals surface area contributed by atoms with E-state index in [-0.39, 0.29) is 131 Å². The molecule has 0 aliphatic heterocycles. The van der Waals surface area contributed by atoms with E-state index in [1.807, 2.05) is 0 Å². The van der Waals surface area contributed by atoms with Gasteiger partial charge in [0.25, 0.3) is 0 Å². The minimum atomic E-state index is -1.19. The first kappa shape index (κ1) is 37.0. The van der Waals surface area contributed by atoms with Crippen molar-refractivity contribution < 1.29 is 130 Å². The zero-order valence-corrected chi connectivity index (χ0v) is 26.4. The summed E-state index contributed by atoms with van der Waals surface area (Å²) in [4.78, 5) is 33.4. The molecule has 0 saturated carbocycles. The predicted molar refractivity (Wildman–Crippen MR) is 118 cm³/mol. The van der Waals surface area contributed by atoms with Crippen molar-refractivity contribution in [3.8, 4) is 0 Å². The number of carbonyl (C=O) groups excluding carboxylic acids is 1. The number of hydrogen-bond acceptors (Lipinski definition) is 3. The van der Waals surface area contributed by atoms with E-state index in [0.717, 1.165) is 38.5 Å².